The van der Waals surface area contributed by atoms with E-state index in [9.17, 15) is 4.79 Å². The molecule has 2 N–H and O–H groups in total. The molecule has 0 aromatic heterocycles. The number of aryl methyl sites for hydroxylation is 2. The Kier molecular flexibility index (Phi) is 3.76. The Bertz CT molecular complexity index is 658. The highest BCUT2D eigenvalue weighted by molar-refractivity contribution is 8.18. The normalized spacial score (nSPS) is 20.5. The molecule has 1 amide bonds. The third kappa shape index (κ3) is 2.83. The molecule has 4 nitrogen and oxygen atoms in total. The van der Waals surface area contributed by atoms with Crippen molar-refractivity contribution in [3.63, 3.8) is 0 Å². The standard InChI is InChI=1S/C16H19N3OS/c1-10-8-13(19-5-3-4-6-19)11(2)7-12(10)9-14-15(20)18-16(17)21-14/h7-9H,3-6H2,1-2H3,(H2,17,18,20). The van der Waals surface area contributed by atoms with Gasteiger partial charge >= 0.3 is 0 Å². The zero-order valence-corrected chi connectivity index (χ0v) is 13.2. The minimum Gasteiger partial charge on any atom is -0.378 e. The van der Waals surface area contributed by atoms with Crippen molar-refractivity contribution in [2.24, 2.45) is 10.7 Å². The van der Waals surface area contributed by atoms with Crippen LogP contribution in [0.2, 0.25) is 0 Å². The van der Waals surface area contributed by atoms with E-state index in [1.54, 1.807) is 0 Å². The molecule has 0 unspecified atom stereocenters. The SMILES string of the molecule is Cc1cc(N2CCCC2)c(C)cc1C=C1SC(N)=NC1=O. The predicted octanol–water partition coefficient (Wildman–Crippen LogP) is 2.83. The fourth-order valence-electron chi connectivity index (χ4n) is 2.84. The van der Waals surface area contributed by atoms with Crippen molar-refractivity contribution in [2.75, 3.05) is 18.0 Å². The summed E-state index contributed by atoms with van der Waals surface area (Å²) < 4.78 is 0. The van der Waals surface area contributed by atoms with Crippen LogP contribution in [0.1, 0.15) is 29.5 Å². The van der Waals surface area contributed by atoms with Gasteiger partial charge in [0.2, 0.25) is 0 Å². The lowest BCUT2D eigenvalue weighted by Crippen LogP contribution is -2.18. The second-order valence-electron chi connectivity index (χ2n) is 5.56. The summed E-state index contributed by atoms with van der Waals surface area (Å²) in [6.07, 6.45) is 4.44. The number of amidine groups is 1. The second kappa shape index (κ2) is 5.56. The average molecular weight is 301 g/mol. The average Bonchev–Trinajstić information content (AvgIpc) is 3.04. The molecule has 0 radical (unpaired) electrons. The first-order valence-electron chi connectivity index (χ1n) is 7.19. The Labute approximate surface area is 129 Å². The number of carbonyl (C=O) groups is 1. The van der Waals surface area contributed by atoms with E-state index in [1.807, 2.05) is 6.08 Å². The van der Waals surface area contributed by atoms with Crippen LogP contribution >= 0.6 is 11.8 Å². The van der Waals surface area contributed by atoms with E-state index in [1.165, 1.54) is 41.4 Å². The van der Waals surface area contributed by atoms with Crippen LogP contribution in [0, 0.1) is 13.8 Å². The zero-order chi connectivity index (χ0) is 15.0. The number of nitrogens with zero attached hydrogens (tertiary/aromatic N) is 2. The van der Waals surface area contributed by atoms with E-state index in [0.29, 0.717) is 10.1 Å². The highest BCUT2D eigenvalue weighted by atomic mass is 32.2. The molecule has 21 heavy (non-hydrogen) atoms. The molecule has 0 atom stereocenters. The lowest BCUT2D eigenvalue weighted by molar-refractivity contribution is -0.113. The summed E-state index contributed by atoms with van der Waals surface area (Å²) in [6.45, 7) is 6.49. The smallest absolute Gasteiger partial charge is 0.286 e. The van der Waals surface area contributed by atoms with Gasteiger partial charge in [0.25, 0.3) is 5.91 Å². The van der Waals surface area contributed by atoms with Gasteiger partial charge in [-0.1, -0.05) is 0 Å². The molecule has 2 aliphatic rings. The zero-order valence-electron chi connectivity index (χ0n) is 12.3. The molecule has 1 saturated heterocycles. The summed E-state index contributed by atoms with van der Waals surface area (Å²) >= 11 is 1.24. The van der Waals surface area contributed by atoms with Crippen molar-refractivity contribution in [2.45, 2.75) is 26.7 Å². The Balaban J connectivity index is 1.92. The monoisotopic (exact) mass is 301 g/mol. The number of nitrogens with two attached hydrogens (primary N) is 1. The molecule has 0 saturated carbocycles. The fourth-order valence-corrected chi connectivity index (χ4v) is 3.52. The molecule has 0 bridgehead atoms. The number of benzene rings is 1. The van der Waals surface area contributed by atoms with E-state index in [-0.39, 0.29) is 5.91 Å². The van der Waals surface area contributed by atoms with Crippen molar-refractivity contribution in [3.05, 3.63) is 33.7 Å². The van der Waals surface area contributed by atoms with E-state index >= 15 is 0 Å². The first-order valence-corrected chi connectivity index (χ1v) is 8.00. The Morgan fingerprint density at radius 1 is 1.24 bits per heavy atom. The van der Waals surface area contributed by atoms with Crippen LogP contribution in [0.15, 0.2) is 22.0 Å². The first-order chi connectivity index (χ1) is 10.0. The van der Waals surface area contributed by atoms with E-state index in [4.69, 9.17) is 5.73 Å². The minimum absolute atomic E-state index is 0.238. The van der Waals surface area contributed by atoms with Gasteiger partial charge < -0.3 is 10.6 Å². The van der Waals surface area contributed by atoms with Crippen molar-refractivity contribution in [3.8, 4) is 0 Å². The maximum absolute atomic E-state index is 11.7. The summed E-state index contributed by atoms with van der Waals surface area (Å²) in [6, 6.07) is 4.37. The summed E-state index contributed by atoms with van der Waals surface area (Å²) in [7, 11) is 0. The van der Waals surface area contributed by atoms with Gasteiger partial charge in [-0.25, -0.2) is 0 Å². The van der Waals surface area contributed by atoms with Crippen molar-refractivity contribution in [1.82, 2.24) is 0 Å². The molecule has 2 aliphatic heterocycles. The minimum atomic E-state index is -0.238. The Morgan fingerprint density at radius 3 is 2.57 bits per heavy atom. The second-order valence-corrected chi connectivity index (χ2v) is 6.62. The lowest BCUT2D eigenvalue weighted by atomic mass is 10.0. The van der Waals surface area contributed by atoms with E-state index in [2.05, 4.69) is 35.9 Å². The van der Waals surface area contributed by atoms with Crippen LogP contribution in [0.3, 0.4) is 0 Å². The molecular weight excluding hydrogens is 282 g/mol. The van der Waals surface area contributed by atoms with Gasteiger partial charge in [0.1, 0.15) is 0 Å². The van der Waals surface area contributed by atoms with Crippen LogP contribution in [0.4, 0.5) is 5.69 Å². The van der Waals surface area contributed by atoms with Crippen LogP contribution in [0.25, 0.3) is 6.08 Å². The molecule has 0 aliphatic carbocycles. The van der Waals surface area contributed by atoms with Gasteiger partial charge in [0, 0.05) is 18.8 Å². The lowest BCUT2D eigenvalue weighted by Gasteiger charge is -2.21. The van der Waals surface area contributed by atoms with Crippen molar-refractivity contribution in [1.29, 1.82) is 0 Å². The summed E-state index contributed by atoms with van der Waals surface area (Å²) in [5, 5.41) is 0.328. The van der Waals surface area contributed by atoms with Gasteiger partial charge in [-0.05, 0) is 73.4 Å². The molecular formula is C16H19N3OS. The predicted molar refractivity (Wildman–Crippen MR) is 89.6 cm³/mol. The van der Waals surface area contributed by atoms with E-state index < -0.39 is 0 Å². The highest BCUT2D eigenvalue weighted by Gasteiger charge is 2.20. The molecule has 5 heteroatoms. The first kappa shape index (κ1) is 14.2. The van der Waals surface area contributed by atoms with E-state index in [0.717, 1.165) is 18.7 Å². The molecule has 1 aromatic carbocycles. The molecule has 1 aromatic rings. The maximum atomic E-state index is 11.7. The number of hydrogen-bond donors (Lipinski definition) is 1. The molecule has 2 heterocycles. The Hall–Kier alpha value is -1.75. The molecule has 1 fully saturated rings. The number of thioether (sulfide) groups is 1. The maximum Gasteiger partial charge on any atom is 0.286 e. The van der Waals surface area contributed by atoms with Crippen LogP contribution in [-0.2, 0) is 4.79 Å². The molecule has 3 rings (SSSR count). The van der Waals surface area contributed by atoms with Gasteiger partial charge in [-0.2, -0.15) is 4.99 Å². The molecule has 0 spiro atoms. The van der Waals surface area contributed by atoms with Gasteiger partial charge in [-0.3, -0.25) is 4.79 Å². The highest BCUT2D eigenvalue weighted by Crippen LogP contribution is 2.31. The number of rotatable bonds is 2. The number of carbonyl (C=O) groups excluding carboxylic acids is 1. The fraction of sp³-hybridized carbons (Fsp3) is 0.375. The van der Waals surface area contributed by atoms with Crippen molar-refractivity contribution >= 4 is 34.6 Å². The summed E-state index contributed by atoms with van der Waals surface area (Å²) in [5.41, 5.74) is 10.4. The van der Waals surface area contributed by atoms with Crippen molar-refractivity contribution < 1.29 is 4.79 Å². The van der Waals surface area contributed by atoms with Gasteiger partial charge in [0.15, 0.2) is 5.17 Å². The quantitative estimate of drug-likeness (QED) is 0.853. The number of anilines is 1. The van der Waals surface area contributed by atoms with Gasteiger partial charge in [-0.15, -0.1) is 0 Å². The molecule has 110 valence electrons. The number of hydrogen-bond acceptors (Lipinski definition) is 4. The largest absolute Gasteiger partial charge is 0.378 e. The van der Waals surface area contributed by atoms with Crippen LogP contribution < -0.4 is 10.6 Å². The van der Waals surface area contributed by atoms with Crippen LogP contribution in [-0.4, -0.2) is 24.2 Å². The van der Waals surface area contributed by atoms with Crippen LogP contribution in [0.5, 0.6) is 0 Å². The Morgan fingerprint density at radius 2 is 1.95 bits per heavy atom. The third-order valence-electron chi connectivity index (χ3n) is 3.95. The topological polar surface area (TPSA) is 58.7 Å². The van der Waals surface area contributed by atoms with Gasteiger partial charge in [0.05, 0.1) is 4.91 Å². The summed E-state index contributed by atoms with van der Waals surface area (Å²) in [4.78, 5) is 18.5. The number of amides is 1. The number of aliphatic imine (C=N–C) groups is 1. The summed E-state index contributed by atoms with van der Waals surface area (Å²) in [5.74, 6) is -0.238. The third-order valence-corrected chi connectivity index (χ3v) is 4.77.